The van der Waals surface area contributed by atoms with Gasteiger partial charge in [-0.1, -0.05) is 99.0 Å². The van der Waals surface area contributed by atoms with Crippen LogP contribution in [-0.4, -0.2) is 24.5 Å². The summed E-state index contributed by atoms with van der Waals surface area (Å²) in [5.74, 6) is 0. The highest BCUT2D eigenvalue weighted by atomic mass is 79.9. The zero-order chi connectivity index (χ0) is 27.2. The summed E-state index contributed by atoms with van der Waals surface area (Å²) in [5, 5.41) is 11.6. The van der Waals surface area contributed by atoms with Gasteiger partial charge < -0.3 is 0 Å². The predicted octanol–water partition coefficient (Wildman–Crippen LogP) is 9.39. The molecular formula is C32H21BrClN5S. The molecule has 0 saturated heterocycles. The maximum atomic E-state index is 6.30. The molecule has 194 valence electrons. The average Bonchev–Trinajstić information content (AvgIpc) is 3.71. The van der Waals surface area contributed by atoms with Crippen molar-refractivity contribution in [3.05, 3.63) is 124 Å². The third kappa shape index (κ3) is 4.66. The van der Waals surface area contributed by atoms with Crippen LogP contribution in [0.25, 0.3) is 54.8 Å². The van der Waals surface area contributed by atoms with E-state index in [0.717, 1.165) is 59.3 Å². The van der Waals surface area contributed by atoms with E-state index in [0.29, 0.717) is 5.02 Å². The molecule has 8 heteroatoms. The van der Waals surface area contributed by atoms with Crippen molar-refractivity contribution in [1.29, 1.82) is 0 Å². The van der Waals surface area contributed by atoms with Crippen LogP contribution in [0.1, 0.15) is 5.56 Å². The van der Waals surface area contributed by atoms with Gasteiger partial charge in [0.25, 0.3) is 0 Å². The molecule has 0 aliphatic carbocycles. The van der Waals surface area contributed by atoms with E-state index in [1.54, 1.807) is 11.3 Å². The molecule has 3 heterocycles. The number of para-hydroxylation sites is 1. The fourth-order valence-electron chi connectivity index (χ4n) is 4.66. The van der Waals surface area contributed by atoms with Crippen molar-refractivity contribution in [2.45, 2.75) is 6.92 Å². The van der Waals surface area contributed by atoms with Gasteiger partial charge in [0.2, 0.25) is 5.13 Å². The summed E-state index contributed by atoms with van der Waals surface area (Å²) in [6, 6.07) is 34.7. The molecule has 0 spiro atoms. The minimum atomic E-state index is 0.686. The first-order valence-electron chi connectivity index (χ1n) is 12.7. The molecule has 0 bridgehead atoms. The van der Waals surface area contributed by atoms with Crippen molar-refractivity contribution in [1.82, 2.24) is 24.5 Å². The molecule has 5 nitrogen and oxygen atoms in total. The Bertz CT molecular complexity index is 1970. The second-order valence-corrected chi connectivity index (χ2v) is 11.8. The summed E-state index contributed by atoms with van der Waals surface area (Å²) in [6.45, 7) is 2.09. The van der Waals surface area contributed by atoms with Crippen LogP contribution in [0.3, 0.4) is 0 Å². The van der Waals surface area contributed by atoms with Crippen molar-refractivity contribution in [2.24, 2.45) is 0 Å². The Labute approximate surface area is 248 Å². The number of aromatic nitrogens is 5. The zero-order valence-corrected chi connectivity index (χ0v) is 24.5. The smallest absolute Gasteiger partial charge is 0.212 e. The molecule has 0 fully saturated rings. The fraction of sp³-hybridized carbons (Fsp3) is 0.0312. The summed E-state index contributed by atoms with van der Waals surface area (Å²) in [5.41, 5.74) is 8.69. The third-order valence-electron chi connectivity index (χ3n) is 6.71. The molecule has 3 aromatic heterocycles. The third-order valence-corrected chi connectivity index (χ3v) is 8.46. The Morgan fingerprint density at radius 3 is 2.33 bits per heavy atom. The summed E-state index contributed by atoms with van der Waals surface area (Å²) < 4.78 is 5.88. The van der Waals surface area contributed by atoms with Gasteiger partial charge in [0.15, 0.2) is 0 Å². The number of nitrogens with zero attached hydrogens (tertiary/aromatic N) is 5. The van der Waals surface area contributed by atoms with Crippen molar-refractivity contribution in [3.63, 3.8) is 0 Å². The molecule has 7 aromatic rings. The van der Waals surface area contributed by atoms with Gasteiger partial charge in [0.05, 0.1) is 27.3 Å². The monoisotopic (exact) mass is 621 g/mol. The maximum Gasteiger partial charge on any atom is 0.212 e. The highest BCUT2D eigenvalue weighted by Gasteiger charge is 2.22. The molecule has 40 heavy (non-hydrogen) atoms. The second kappa shape index (κ2) is 10.2. The Morgan fingerprint density at radius 2 is 1.55 bits per heavy atom. The van der Waals surface area contributed by atoms with E-state index >= 15 is 0 Å². The minimum absolute atomic E-state index is 0.686. The lowest BCUT2D eigenvalue weighted by atomic mass is 10.0. The highest BCUT2D eigenvalue weighted by Crippen LogP contribution is 2.38. The van der Waals surface area contributed by atoms with Gasteiger partial charge in [0.1, 0.15) is 5.69 Å². The van der Waals surface area contributed by atoms with E-state index in [1.807, 2.05) is 57.9 Å². The van der Waals surface area contributed by atoms with Crippen LogP contribution in [0.5, 0.6) is 0 Å². The lowest BCUT2D eigenvalue weighted by Crippen LogP contribution is -1.99. The first-order valence-corrected chi connectivity index (χ1v) is 14.7. The van der Waals surface area contributed by atoms with Gasteiger partial charge in [-0.3, -0.25) is 0 Å². The van der Waals surface area contributed by atoms with Crippen LogP contribution < -0.4 is 0 Å². The maximum absolute atomic E-state index is 6.30. The standard InChI is InChI=1S/C32H21BrClN5S/c1-20-7-9-21(10-8-20)28-18-29(39(36-28)32-35-27-16-15-24(34)17-30(27)40-32)26-19-38(25-5-3-2-4-6-25)37-31(26)22-11-13-23(33)14-12-22/h2-19H,1H3. The number of fused-ring (bicyclic) bond motifs is 1. The van der Waals surface area contributed by atoms with Crippen LogP contribution >= 0.6 is 38.9 Å². The lowest BCUT2D eigenvalue weighted by molar-refractivity contribution is 0.879. The van der Waals surface area contributed by atoms with E-state index in [2.05, 4.69) is 83.6 Å². The first kappa shape index (κ1) is 25.0. The summed E-state index contributed by atoms with van der Waals surface area (Å²) >= 11 is 11.4. The molecule has 0 unspecified atom stereocenters. The minimum Gasteiger partial charge on any atom is -0.240 e. The molecule has 0 aliphatic rings. The molecule has 0 radical (unpaired) electrons. The van der Waals surface area contributed by atoms with E-state index in [1.165, 1.54) is 5.56 Å². The van der Waals surface area contributed by atoms with Gasteiger partial charge >= 0.3 is 0 Å². The SMILES string of the molecule is Cc1ccc(-c2cc(-c3cn(-c4ccccc4)nc3-c3ccc(Br)cc3)n(-c3nc4ccc(Cl)cc4s3)n2)cc1. The molecule has 0 atom stereocenters. The number of hydrogen-bond donors (Lipinski definition) is 0. The van der Waals surface area contributed by atoms with Crippen molar-refractivity contribution >= 4 is 49.1 Å². The van der Waals surface area contributed by atoms with Crippen LogP contribution in [0.2, 0.25) is 5.02 Å². The molecular weight excluding hydrogens is 602 g/mol. The Morgan fingerprint density at radius 1 is 0.800 bits per heavy atom. The summed E-state index contributed by atoms with van der Waals surface area (Å²) in [6.07, 6.45) is 2.07. The van der Waals surface area contributed by atoms with Gasteiger partial charge in [-0.25, -0.2) is 14.3 Å². The van der Waals surface area contributed by atoms with Crippen LogP contribution in [0.15, 0.2) is 114 Å². The number of halogens is 2. The fourth-order valence-corrected chi connectivity index (χ4v) is 6.13. The molecule has 0 amide bonds. The van der Waals surface area contributed by atoms with Crippen molar-refractivity contribution in [3.8, 4) is 44.6 Å². The molecule has 0 aliphatic heterocycles. The van der Waals surface area contributed by atoms with Crippen molar-refractivity contribution in [2.75, 3.05) is 0 Å². The zero-order valence-electron chi connectivity index (χ0n) is 21.3. The molecule has 7 rings (SSSR count). The number of thiazole rings is 1. The average molecular weight is 623 g/mol. The number of rotatable bonds is 5. The van der Waals surface area contributed by atoms with Gasteiger partial charge in [-0.05, 0) is 55.5 Å². The lowest BCUT2D eigenvalue weighted by Gasteiger charge is -2.05. The van der Waals surface area contributed by atoms with Crippen LogP contribution in [0, 0.1) is 6.92 Å². The van der Waals surface area contributed by atoms with Crippen LogP contribution in [0.4, 0.5) is 0 Å². The van der Waals surface area contributed by atoms with Gasteiger partial charge in [-0.15, -0.1) is 0 Å². The van der Waals surface area contributed by atoms with Gasteiger partial charge in [0, 0.05) is 32.4 Å². The predicted molar refractivity (Wildman–Crippen MR) is 168 cm³/mol. The number of hydrogen-bond acceptors (Lipinski definition) is 4. The highest BCUT2D eigenvalue weighted by molar-refractivity contribution is 9.10. The summed E-state index contributed by atoms with van der Waals surface area (Å²) in [7, 11) is 0. The van der Waals surface area contributed by atoms with E-state index < -0.39 is 0 Å². The summed E-state index contributed by atoms with van der Waals surface area (Å²) in [4.78, 5) is 4.94. The molecule has 0 saturated carbocycles. The first-order chi connectivity index (χ1) is 19.5. The normalized spacial score (nSPS) is 11.4. The second-order valence-electron chi connectivity index (χ2n) is 9.48. The Balaban J connectivity index is 1.48. The molecule has 0 N–H and O–H groups in total. The van der Waals surface area contributed by atoms with Crippen LogP contribution in [-0.2, 0) is 0 Å². The number of benzene rings is 4. The van der Waals surface area contributed by atoms with Crippen molar-refractivity contribution < 1.29 is 0 Å². The molecule has 4 aromatic carbocycles. The van der Waals surface area contributed by atoms with Gasteiger partial charge in [-0.2, -0.15) is 10.2 Å². The largest absolute Gasteiger partial charge is 0.240 e. The van der Waals surface area contributed by atoms with E-state index in [9.17, 15) is 0 Å². The van der Waals surface area contributed by atoms with E-state index in [4.69, 9.17) is 26.8 Å². The Kier molecular flexibility index (Phi) is 6.35. The Hall–Kier alpha value is -4.04. The number of aryl methyl sites for hydroxylation is 1. The van der Waals surface area contributed by atoms with E-state index in [-0.39, 0.29) is 0 Å². The topological polar surface area (TPSA) is 48.5 Å². The quantitative estimate of drug-likeness (QED) is 0.192.